The zero-order valence-corrected chi connectivity index (χ0v) is 31.1. The number of benzene rings is 8. The molecule has 0 unspecified atom stereocenters. The van der Waals surface area contributed by atoms with Gasteiger partial charge in [-0.25, -0.2) is 0 Å². The average molecular weight is 713 g/mol. The van der Waals surface area contributed by atoms with Gasteiger partial charge in [-0.15, -0.1) is 0 Å². The van der Waals surface area contributed by atoms with Crippen molar-refractivity contribution in [2.75, 3.05) is 0 Å². The zero-order chi connectivity index (χ0) is 37.5. The summed E-state index contributed by atoms with van der Waals surface area (Å²) in [6.07, 6.45) is 17.4. The lowest BCUT2D eigenvalue weighted by molar-refractivity contribution is 1.44. The minimum absolute atomic E-state index is 1.18. The SMILES string of the molecule is C1=c2ccc(cc2)=c2ccc(cc2)=CC=c2ccc(cc2)=c2ccc(cc2)=CC=c2ccc(cc2)=c2ccc(cc2)=CC=c2ccc(cc2)=c2ccc(cc2)=C1. The average Bonchev–Trinajstić information content (AvgIpc) is 3.27. The van der Waals surface area contributed by atoms with Crippen LogP contribution < -0.4 is 41.7 Å². The molecule has 0 fully saturated rings. The molecular weight excluding hydrogens is 673 g/mol. The highest BCUT2D eigenvalue weighted by Gasteiger charge is 1.90. The molecule has 0 atom stereocenters. The summed E-state index contributed by atoms with van der Waals surface area (Å²) < 4.78 is 0. The van der Waals surface area contributed by atoms with Gasteiger partial charge in [0.1, 0.15) is 0 Å². The molecule has 13 aliphatic carbocycles. The molecule has 0 N–H and O–H groups in total. The van der Waals surface area contributed by atoms with E-state index < -0.39 is 0 Å². The fourth-order valence-electron chi connectivity index (χ4n) is 7.06. The second-order valence-corrected chi connectivity index (χ2v) is 14.3. The molecule has 0 aromatic heterocycles. The number of rotatable bonds is 0. The van der Waals surface area contributed by atoms with Crippen LogP contribution in [-0.4, -0.2) is 0 Å². The highest BCUT2D eigenvalue weighted by molar-refractivity contribution is 5.62. The Labute approximate surface area is 324 Å². The Morgan fingerprint density at radius 1 is 0.107 bits per heavy atom. The molecule has 0 spiro atoms. The standard InChI is InChI=1S/C56H40/c1-2-42-11-27-50(28-12-42)52-31-15-44(16-32-52)5-6-46-19-35-54(36-20-46)56-39-23-48(24-40-56)8-7-47-21-37-55(38-22-47)53-33-17-45(18-34-53)4-3-43-13-29-51(30-14-43)49-25-9-41(1)10-26-49/h1-40H. The van der Waals surface area contributed by atoms with Crippen LogP contribution in [-0.2, 0) is 0 Å². The molecule has 0 saturated carbocycles. The van der Waals surface area contributed by atoms with Crippen LogP contribution in [0.1, 0.15) is 0 Å². The van der Waals surface area contributed by atoms with Crippen molar-refractivity contribution >= 4 is 48.6 Å². The topological polar surface area (TPSA) is 0 Å². The van der Waals surface area contributed by atoms with Crippen molar-refractivity contribution in [2.24, 2.45) is 0 Å². The molecule has 8 aromatic carbocycles. The minimum Gasteiger partial charge on any atom is -0.0544 e. The normalized spacial score (nSPS) is 12.0. The summed E-state index contributed by atoms with van der Waals surface area (Å²) in [7, 11) is 0. The lowest BCUT2D eigenvalue weighted by atomic mass is 10.1. The van der Waals surface area contributed by atoms with Crippen molar-refractivity contribution in [3.63, 3.8) is 0 Å². The molecule has 0 nitrogen and oxygen atoms in total. The summed E-state index contributed by atoms with van der Waals surface area (Å²) in [6, 6.07) is 70.2. The fourth-order valence-corrected chi connectivity index (χ4v) is 7.06. The molecule has 0 heteroatoms. The van der Waals surface area contributed by atoms with Gasteiger partial charge in [0.25, 0.3) is 0 Å². The molecule has 264 valence electrons. The van der Waals surface area contributed by atoms with E-state index in [1.165, 1.54) is 83.5 Å². The third-order valence-electron chi connectivity index (χ3n) is 10.5. The van der Waals surface area contributed by atoms with E-state index in [9.17, 15) is 0 Å². The first-order chi connectivity index (χ1) is 27.7. The van der Waals surface area contributed by atoms with Gasteiger partial charge in [-0.3, -0.25) is 0 Å². The summed E-state index contributed by atoms with van der Waals surface area (Å²) >= 11 is 0. The van der Waals surface area contributed by atoms with Crippen LogP contribution in [0.3, 0.4) is 0 Å². The van der Waals surface area contributed by atoms with Crippen LogP contribution in [0.25, 0.3) is 48.6 Å². The second kappa shape index (κ2) is 16.0. The van der Waals surface area contributed by atoms with Crippen LogP contribution in [0.5, 0.6) is 0 Å². The van der Waals surface area contributed by atoms with Gasteiger partial charge in [0, 0.05) is 0 Å². The highest BCUT2D eigenvalue weighted by Crippen LogP contribution is 1.98. The van der Waals surface area contributed by atoms with Gasteiger partial charge in [0.05, 0.1) is 0 Å². The fraction of sp³-hybridized carbons (Fsp3) is 0. The molecule has 16 bridgehead atoms. The largest absolute Gasteiger partial charge is 0.0544 e. The second-order valence-electron chi connectivity index (χ2n) is 14.3. The maximum atomic E-state index is 2.20. The van der Waals surface area contributed by atoms with Gasteiger partial charge in [0.2, 0.25) is 0 Å². The summed E-state index contributed by atoms with van der Waals surface area (Å²) in [5, 5.41) is 19.1. The lowest BCUT2D eigenvalue weighted by Crippen LogP contribution is -2.02. The molecule has 56 heavy (non-hydrogen) atoms. The Morgan fingerprint density at radius 2 is 0.196 bits per heavy atom. The van der Waals surface area contributed by atoms with Gasteiger partial charge < -0.3 is 0 Å². The van der Waals surface area contributed by atoms with Gasteiger partial charge in [-0.2, -0.15) is 0 Å². The first-order valence-corrected chi connectivity index (χ1v) is 19.2. The number of hydrogen-bond acceptors (Lipinski definition) is 0. The molecule has 0 heterocycles. The van der Waals surface area contributed by atoms with Crippen molar-refractivity contribution in [1.29, 1.82) is 0 Å². The molecule has 8 aromatic rings. The maximum Gasteiger partial charge on any atom is -0.0184 e. The lowest BCUT2D eigenvalue weighted by Gasteiger charge is -1.93. The maximum absolute atomic E-state index is 2.20. The third-order valence-corrected chi connectivity index (χ3v) is 10.5. The van der Waals surface area contributed by atoms with Gasteiger partial charge >= 0.3 is 0 Å². The Hall–Kier alpha value is -7.28. The van der Waals surface area contributed by atoms with Crippen molar-refractivity contribution in [1.82, 2.24) is 0 Å². The Kier molecular flexibility index (Phi) is 9.84. The van der Waals surface area contributed by atoms with Crippen molar-refractivity contribution < 1.29 is 0 Å². The van der Waals surface area contributed by atoms with E-state index in [1.54, 1.807) is 0 Å². The number of hydrogen-bond donors (Lipinski definition) is 0. The summed E-state index contributed by atoms with van der Waals surface area (Å²) in [6.45, 7) is 0. The van der Waals surface area contributed by atoms with E-state index in [1.807, 2.05) is 0 Å². The van der Waals surface area contributed by atoms with E-state index in [0.29, 0.717) is 0 Å². The molecule has 13 aliphatic rings. The van der Waals surface area contributed by atoms with Crippen molar-refractivity contribution in [2.45, 2.75) is 0 Å². The summed E-state index contributed by atoms with van der Waals surface area (Å²) in [5.41, 5.74) is 0. The minimum atomic E-state index is 1.18. The molecule has 0 amide bonds. The Balaban J connectivity index is 1.12. The van der Waals surface area contributed by atoms with Crippen LogP contribution in [0.2, 0.25) is 0 Å². The van der Waals surface area contributed by atoms with Gasteiger partial charge in [0.15, 0.2) is 0 Å². The van der Waals surface area contributed by atoms with E-state index in [0.717, 1.165) is 0 Å². The van der Waals surface area contributed by atoms with Gasteiger partial charge in [-0.05, 0) is 83.5 Å². The van der Waals surface area contributed by atoms with Crippen molar-refractivity contribution in [3.8, 4) is 0 Å². The van der Waals surface area contributed by atoms with Crippen LogP contribution >= 0.6 is 0 Å². The Bertz CT molecular complexity index is 2780. The smallest absolute Gasteiger partial charge is 0.0184 e. The van der Waals surface area contributed by atoms with Crippen LogP contribution in [0.15, 0.2) is 194 Å². The van der Waals surface area contributed by atoms with E-state index in [2.05, 4.69) is 243 Å². The third kappa shape index (κ3) is 8.26. The quantitative estimate of drug-likeness (QED) is 0.176. The monoisotopic (exact) mass is 712 g/mol. The van der Waals surface area contributed by atoms with E-state index in [4.69, 9.17) is 0 Å². The highest BCUT2D eigenvalue weighted by atomic mass is 13.9. The molecule has 0 radical (unpaired) electrons. The predicted octanol–water partition coefficient (Wildman–Crippen LogP) is 6.19. The zero-order valence-electron chi connectivity index (χ0n) is 31.1. The van der Waals surface area contributed by atoms with Crippen LogP contribution in [0, 0.1) is 41.7 Å². The summed E-state index contributed by atoms with van der Waals surface area (Å²) in [5.74, 6) is 0. The van der Waals surface area contributed by atoms with Crippen molar-refractivity contribution in [3.05, 3.63) is 278 Å². The molecule has 0 aliphatic heterocycles. The molecular formula is C56H40. The van der Waals surface area contributed by atoms with Crippen LogP contribution in [0.4, 0.5) is 0 Å². The first kappa shape index (κ1) is 34.5. The van der Waals surface area contributed by atoms with Gasteiger partial charge in [-0.1, -0.05) is 243 Å². The molecule has 21 rings (SSSR count). The van der Waals surface area contributed by atoms with E-state index in [-0.39, 0.29) is 0 Å². The predicted molar refractivity (Wildman–Crippen MR) is 235 cm³/mol. The van der Waals surface area contributed by atoms with E-state index >= 15 is 0 Å². The molecule has 0 saturated heterocycles. The summed E-state index contributed by atoms with van der Waals surface area (Å²) in [4.78, 5) is 0. The first-order valence-electron chi connectivity index (χ1n) is 19.2. The Morgan fingerprint density at radius 3 is 0.286 bits per heavy atom.